The summed E-state index contributed by atoms with van der Waals surface area (Å²) >= 11 is 0. The fourth-order valence-corrected chi connectivity index (χ4v) is 3.86. The summed E-state index contributed by atoms with van der Waals surface area (Å²) < 4.78 is 1.90. The summed E-state index contributed by atoms with van der Waals surface area (Å²) in [5.41, 5.74) is 3.42. The topological polar surface area (TPSA) is 75.9 Å². The molecule has 0 saturated carbocycles. The Kier molecular flexibility index (Phi) is 5.32. The Morgan fingerprint density at radius 2 is 2.07 bits per heavy atom. The average Bonchev–Trinajstić information content (AvgIpc) is 3.17. The highest BCUT2D eigenvalue weighted by Crippen LogP contribution is 2.29. The zero-order valence-corrected chi connectivity index (χ0v) is 17.5. The highest BCUT2D eigenvalue weighted by molar-refractivity contribution is 6.05. The van der Waals surface area contributed by atoms with E-state index in [2.05, 4.69) is 43.1 Å². The normalized spacial score (nSPS) is 17.4. The summed E-state index contributed by atoms with van der Waals surface area (Å²) in [6.45, 7) is 10.5. The summed E-state index contributed by atoms with van der Waals surface area (Å²) in [5.74, 6) is 0.247. The molecule has 1 saturated heterocycles. The number of amides is 1. The molecule has 1 N–H and O–H groups in total. The molecule has 1 fully saturated rings. The Hall–Kier alpha value is -2.80. The molecule has 7 nitrogen and oxygen atoms in total. The van der Waals surface area contributed by atoms with Gasteiger partial charge in [0.15, 0.2) is 5.65 Å². The van der Waals surface area contributed by atoms with E-state index in [9.17, 15) is 4.79 Å². The number of rotatable bonds is 4. The summed E-state index contributed by atoms with van der Waals surface area (Å²) in [6.07, 6.45) is 5.38. The molecule has 0 spiro atoms. The van der Waals surface area contributed by atoms with Gasteiger partial charge in [-0.3, -0.25) is 9.78 Å². The summed E-state index contributed by atoms with van der Waals surface area (Å²) in [7, 11) is 0. The van der Waals surface area contributed by atoms with Crippen LogP contribution in [0.5, 0.6) is 0 Å². The molecule has 3 aromatic rings. The van der Waals surface area contributed by atoms with Crippen LogP contribution in [0, 0.1) is 0 Å². The quantitative estimate of drug-likeness (QED) is 0.737. The van der Waals surface area contributed by atoms with E-state index < -0.39 is 0 Å². The van der Waals surface area contributed by atoms with Crippen molar-refractivity contribution in [2.75, 3.05) is 19.6 Å². The largest absolute Gasteiger partial charge is 0.329 e. The lowest BCUT2D eigenvalue weighted by Crippen LogP contribution is -2.48. The fraction of sp³-hybridized carbons (Fsp3) is 0.455. The molecule has 0 bridgehead atoms. The van der Waals surface area contributed by atoms with Crippen LogP contribution in [0.2, 0.25) is 0 Å². The SMILES string of the molecule is CC(C)c1cc(C(=O)N2CCNCC2c2cccnc2)c2cnn(C(C)C)c2n1. The molecule has 152 valence electrons. The van der Waals surface area contributed by atoms with Crippen LogP contribution in [0.15, 0.2) is 36.8 Å². The summed E-state index contributed by atoms with van der Waals surface area (Å²) in [6, 6.07) is 6.03. The lowest BCUT2D eigenvalue weighted by atomic mass is 10.0. The molecule has 0 aliphatic carbocycles. The number of pyridine rings is 2. The third-order valence-corrected chi connectivity index (χ3v) is 5.47. The van der Waals surface area contributed by atoms with Gasteiger partial charge in [0.05, 0.1) is 23.2 Å². The highest BCUT2D eigenvalue weighted by atomic mass is 16.2. The number of fused-ring (bicyclic) bond motifs is 1. The van der Waals surface area contributed by atoms with E-state index in [1.54, 1.807) is 12.4 Å². The predicted molar refractivity (Wildman–Crippen MR) is 113 cm³/mol. The average molecular weight is 393 g/mol. The molecule has 1 amide bonds. The molecule has 0 radical (unpaired) electrons. The number of aromatic nitrogens is 4. The number of nitrogens with zero attached hydrogens (tertiary/aromatic N) is 5. The van der Waals surface area contributed by atoms with Gasteiger partial charge in [0, 0.05) is 43.8 Å². The van der Waals surface area contributed by atoms with Gasteiger partial charge in [0.25, 0.3) is 5.91 Å². The van der Waals surface area contributed by atoms with Crippen molar-refractivity contribution in [1.82, 2.24) is 30.0 Å². The van der Waals surface area contributed by atoms with Gasteiger partial charge in [-0.15, -0.1) is 0 Å². The first-order chi connectivity index (χ1) is 14.0. The Bertz CT molecular complexity index is 1010. The fourth-order valence-electron chi connectivity index (χ4n) is 3.86. The molecular formula is C22H28N6O. The van der Waals surface area contributed by atoms with Crippen LogP contribution >= 0.6 is 0 Å². The minimum absolute atomic E-state index is 0.0259. The second-order valence-corrected chi connectivity index (χ2v) is 8.17. The van der Waals surface area contributed by atoms with Gasteiger partial charge in [-0.25, -0.2) is 9.67 Å². The maximum Gasteiger partial charge on any atom is 0.255 e. The molecule has 1 aliphatic rings. The Morgan fingerprint density at radius 1 is 1.24 bits per heavy atom. The third-order valence-electron chi connectivity index (χ3n) is 5.47. The van der Waals surface area contributed by atoms with Crippen molar-refractivity contribution in [3.05, 3.63) is 53.6 Å². The van der Waals surface area contributed by atoms with Crippen molar-refractivity contribution in [2.45, 2.75) is 45.7 Å². The summed E-state index contributed by atoms with van der Waals surface area (Å²) in [5, 5.41) is 8.74. The Labute approximate surface area is 171 Å². The van der Waals surface area contributed by atoms with E-state index in [4.69, 9.17) is 4.98 Å². The van der Waals surface area contributed by atoms with Gasteiger partial charge < -0.3 is 10.2 Å². The van der Waals surface area contributed by atoms with E-state index in [0.717, 1.165) is 28.8 Å². The van der Waals surface area contributed by atoms with Crippen LogP contribution in [-0.2, 0) is 0 Å². The van der Waals surface area contributed by atoms with E-state index in [1.807, 2.05) is 34.0 Å². The maximum atomic E-state index is 13.8. The second-order valence-electron chi connectivity index (χ2n) is 8.17. The molecule has 0 aromatic carbocycles. The van der Waals surface area contributed by atoms with Crippen molar-refractivity contribution in [1.29, 1.82) is 0 Å². The summed E-state index contributed by atoms with van der Waals surface area (Å²) in [4.78, 5) is 24.8. The molecular weight excluding hydrogens is 364 g/mol. The van der Waals surface area contributed by atoms with Crippen LogP contribution in [0.25, 0.3) is 11.0 Å². The van der Waals surface area contributed by atoms with Crippen molar-refractivity contribution >= 4 is 16.9 Å². The standard InChI is InChI=1S/C22H28N6O/c1-14(2)19-10-17(18-12-25-28(15(3)4)21(18)26-19)22(29)27-9-8-24-13-20(27)16-6-5-7-23-11-16/h5-7,10-12,14-15,20,24H,8-9,13H2,1-4H3. The highest BCUT2D eigenvalue weighted by Gasteiger charge is 2.31. The van der Waals surface area contributed by atoms with Gasteiger partial charge in [0.1, 0.15) is 0 Å². The van der Waals surface area contributed by atoms with Gasteiger partial charge in [-0.2, -0.15) is 5.10 Å². The van der Waals surface area contributed by atoms with Crippen LogP contribution in [0.4, 0.5) is 0 Å². The van der Waals surface area contributed by atoms with Crippen molar-refractivity contribution in [2.24, 2.45) is 0 Å². The van der Waals surface area contributed by atoms with Crippen LogP contribution in [-0.4, -0.2) is 50.2 Å². The molecule has 1 aliphatic heterocycles. The van der Waals surface area contributed by atoms with Crippen molar-refractivity contribution < 1.29 is 4.79 Å². The number of carbonyl (C=O) groups is 1. The minimum atomic E-state index is -0.0455. The first kappa shape index (κ1) is 19.5. The monoisotopic (exact) mass is 392 g/mol. The minimum Gasteiger partial charge on any atom is -0.329 e. The van der Waals surface area contributed by atoms with Crippen molar-refractivity contribution in [3.63, 3.8) is 0 Å². The first-order valence-corrected chi connectivity index (χ1v) is 10.3. The van der Waals surface area contributed by atoms with E-state index in [0.29, 0.717) is 18.7 Å². The zero-order valence-electron chi connectivity index (χ0n) is 17.5. The number of carbonyl (C=O) groups excluding carboxylic acids is 1. The lowest BCUT2D eigenvalue weighted by molar-refractivity contribution is 0.0636. The van der Waals surface area contributed by atoms with E-state index in [1.165, 1.54) is 0 Å². The van der Waals surface area contributed by atoms with Gasteiger partial charge in [-0.05, 0) is 37.5 Å². The maximum absolute atomic E-state index is 13.8. The number of nitrogens with one attached hydrogen (secondary N) is 1. The van der Waals surface area contributed by atoms with Crippen LogP contribution < -0.4 is 5.32 Å². The number of piperazine rings is 1. The molecule has 7 heteroatoms. The number of hydrogen-bond donors (Lipinski definition) is 1. The molecule has 29 heavy (non-hydrogen) atoms. The molecule has 3 aromatic heterocycles. The molecule has 4 rings (SSSR count). The zero-order chi connectivity index (χ0) is 20.5. The van der Waals surface area contributed by atoms with E-state index >= 15 is 0 Å². The van der Waals surface area contributed by atoms with Gasteiger partial charge in [-0.1, -0.05) is 19.9 Å². The molecule has 1 atom stereocenters. The van der Waals surface area contributed by atoms with Gasteiger partial charge >= 0.3 is 0 Å². The smallest absolute Gasteiger partial charge is 0.255 e. The Balaban J connectivity index is 1.81. The number of hydrogen-bond acceptors (Lipinski definition) is 5. The van der Waals surface area contributed by atoms with Crippen LogP contribution in [0.1, 0.15) is 67.3 Å². The molecule has 1 unspecified atom stereocenters. The van der Waals surface area contributed by atoms with Gasteiger partial charge in [0.2, 0.25) is 0 Å². The van der Waals surface area contributed by atoms with Crippen LogP contribution in [0.3, 0.4) is 0 Å². The first-order valence-electron chi connectivity index (χ1n) is 10.3. The molecule has 4 heterocycles. The van der Waals surface area contributed by atoms with Crippen molar-refractivity contribution in [3.8, 4) is 0 Å². The second kappa shape index (κ2) is 7.91. The van der Waals surface area contributed by atoms with E-state index in [-0.39, 0.29) is 23.9 Å². The predicted octanol–water partition coefficient (Wildman–Crippen LogP) is 3.32. The third kappa shape index (κ3) is 3.62. The lowest BCUT2D eigenvalue weighted by Gasteiger charge is -2.36. The Morgan fingerprint density at radius 3 is 2.76 bits per heavy atom.